The Labute approximate surface area is 126 Å². The fraction of sp³-hybridized carbons (Fsp3) is 0.647. The summed E-state index contributed by atoms with van der Waals surface area (Å²) in [6.45, 7) is 1.76. The maximum Gasteiger partial charge on any atom is 0.123 e. The molecule has 0 saturated heterocycles. The van der Waals surface area contributed by atoms with E-state index in [2.05, 4.69) is 4.90 Å². The topological polar surface area (TPSA) is 49.5 Å². The molecule has 0 bridgehead atoms. The zero-order valence-corrected chi connectivity index (χ0v) is 12.7. The van der Waals surface area contributed by atoms with E-state index in [9.17, 15) is 9.50 Å². The van der Waals surface area contributed by atoms with Crippen molar-refractivity contribution in [3.63, 3.8) is 0 Å². The number of aliphatic hydroxyl groups excluding tert-OH is 1. The molecular weight excluding hydrogens is 267 g/mol. The zero-order chi connectivity index (χ0) is 15.1. The van der Waals surface area contributed by atoms with Crippen molar-refractivity contribution < 1.29 is 9.50 Å². The second kappa shape index (κ2) is 8.47. The maximum absolute atomic E-state index is 13.2. The minimum absolute atomic E-state index is 0.148. The highest BCUT2D eigenvalue weighted by Gasteiger charge is 2.21. The zero-order valence-electron chi connectivity index (χ0n) is 12.7. The smallest absolute Gasteiger partial charge is 0.123 e. The summed E-state index contributed by atoms with van der Waals surface area (Å²) in [4.78, 5) is 2.36. The van der Waals surface area contributed by atoms with Gasteiger partial charge in [0, 0.05) is 25.2 Å². The third-order valence-electron chi connectivity index (χ3n) is 4.48. The van der Waals surface area contributed by atoms with Gasteiger partial charge in [0.2, 0.25) is 0 Å². The highest BCUT2D eigenvalue weighted by atomic mass is 19.1. The van der Waals surface area contributed by atoms with Crippen molar-refractivity contribution in [1.82, 2.24) is 4.90 Å². The number of benzene rings is 1. The number of hydrogen-bond acceptors (Lipinski definition) is 3. The summed E-state index contributed by atoms with van der Waals surface area (Å²) in [6.07, 6.45) is 7.11. The van der Waals surface area contributed by atoms with Gasteiger partial charge in [-0.05, 0) is 37.0 Å². The molecule has 118 valence electrons. The van der Waals surface area contributed by atoms with Gasteiger partial charge in [0.1, 0.15) is 5.82 Å². The van der Waals surface area contributed by atoms with Crippen molar-refractivity contribution in [2.75, 3.05) is 19.7 Å². The molecule has 21 heavy (non-hydrogen) atoms. The minimum atomic E-state index is -0.234. The first-order valence-corrected chi connectivity index (χ1v) is 8.06. The molecule has 1 aromatic rings. The fourth-order valence-electron chi connectivity index (χ4n) is 3.26. The van der Waals surface area contributed by atoms with Crippen LogP contribution in [0.2, 0.25) is 0 Å². The van der Waals surface area contributed by atoms with E-state index in [0.717, 1.165) is 18.5 Å². The van der Waals surface area contributed by atoms with E-state index in [0.29, 0.717) is 12.6 Å². The molecule has 0 aliphatic heterocycles. The van der Waals surface area contributed by atoms with E-state index >= 15 is 0 Å². The lowest BCUT2D eigenvalue weighted by Crippen LogP contribution is -2.40. The molecule has 1 aromatic carbocycles. The van der Waals surface area contributed by atoms with Crippen LogP contribution in [0.5, 0.6) is 0 Å². The van der Waals surface area contributed by atoms with Gasteiger partial charge in [-0.15, -0.1) is 0 Å². The predicted molar refractivity (Wildman–Crippen MR) is 83.5 cm³/mol. The van der Waals surface area contributed by atoms with E-state index in [1.807, 2.05) is 6.07 Å². The summed E-state index contributed by atoms with van der Waals surface area (Å²) in [5.41, 5.74) is 7.03. The van der Waals surface area contributed by atoms with Gasteiger partial charge < -0.3 is 10.8 Å². The Morgan fingerprint density at radius 1 is 1.24 bits per heavy atom. The summed E-state index contributed by atoms with van der Waals surface area (Å²) in [6, 6.07) is 6.97. The Morgan fingerprint density at radius 3 is 2.67 bits per heavy atom. The SMILES string of the molecule is NC(CCN(CCO)C1CCCCC1)c1cccc(F)c1. The molecule has 1 aliphatic rings. The number of rotatable bonds is 7. The van der Waals surface area contributed by atoms with Crippen molar-refractivity contribution in [2.45, 2.75) is 50.6 Å². The molecule has 1 aliphatic carbocycles. The second-order valence-electron chi connectivity index (χ2n) is 6.00. The van der Waals surface area contributed by atoms with Crippen molar-refractivity contribution in [1.29, 1.82) is 0 Å². The summed E-state index contributed by atoms with van der Waals surface area (Å²) >= 11 is 0. The van der Waals surface area contributed by atoms with Crippen LogP contribution >= 0.6 is 0 Å². The molecule has 0 spiro atoms. The molecule has 1 unspecified atom stereocenters. The van der Waals surface area contributed by atoms with E-state index < -0.39 is 0 Å². The van der Waals surface area contributed by atoms with E-state index in [4.69, 9.17) is 5.73 Å². The average Bonchev–Trinajstić information content (AvgIpc) is 2.52. The van der Waals surface area contributed by atoms with Crippen LogP contribution in [0.4, 0.5) is 4.39 Å². The summed E-state index contributed by atoms with van der Waals surface area (Å²) in [5, 5.41) is 9.26. The van der Waals surface area contributed by atoms with Gasteiger partial charge in [-0.25, -0.2) is 4.39 Å². The van der Waals surface area contributed by atoms with Crippen LogP contribution in [0.25, 0.3) is 0 Å². The number of hydrogen-bond donors (Lipinski definition) is 2. The van der Waals surface area contributed by atoms with Gasteiger partial charge in [-0.3, -0.25) is 4.90 Å². The quantitative estimate of drug-likeness (QED) is 0.813. The van der Waals surface area contributed by atoms with Crippen molar-refractivity contribution >= 4 is 0 Å². The lowest BCUT2D eigenvalue weighted by Gasteiger charge is -2.34. The van der Waals surface area contributed by atoms with Crippen LogP contribution < -0.4 is 5.73 Å². The molecule has 0 heterocycles. The number of nitrogens with zero attached hydrogens (tertiary/aromatic N) is 1. The van der Waals surface area contributed by atoms with Crippen molar-refractivity contribution in [3.05, 3.63) is 35.6 Å². The van der Waals surface area contributed by atoms with Crippen LogP contribution in [0.15, 0.2) is 24.3 Å². The van der Waals surface area contributed by atoms with Gasteiger partial charge in [0.05, 0.1) is 6.61 Å². The molecule has 2 rings (SSSR count). The average molecular weight is 294 g/mol. The fourth-order valence-corrected chi connectivity index (χ4v) is 3.26. The van der Waals surface area contributed by atoms with Crippen molar-refractivity contribution in [3.8, 4) is 0 Å². The molecule has 3 nitrogen and oxygen atoms in total. The van der Waals surface area contributed by atoms with Crippen molar-refractivity contribution in [2.24, 2.45) is 5.73 Å². The van der Waals surface area contributed by atoms with Crippen LogP contribution in [0.3, 0.4) is 0 Å². The molecule has 1 saturated carbocycles. The van der Waals surface area contributed by atoms with Crippen LogP contribution in [0, 0.1) is 5.82 Å². The lowest BCUT2D eigenvalue weighted by atomic mass is 9.93. The molecule has 0 radical (unpaired) electrons. The monoisotopic (exact) mass is 294 g/mol. The van der Waals surface area contributed by atoms with E-state index in [1.54, 1.807) is 6.07 Å². The van der Waals surface area contributed by atoms with Crippen LogP contribution in [0.1, 0.15) is 50.1 Å². The summed E-state index contributed by atoms with van der Waals surface area (Å²) in [5.74, 6) is -0.234. The molecule has 1 fully saturated rings. The van der Waals surface area contributed by atoms with Gasteiger partial charge in [0.25, 0.3) is 0 Å². The van der Waals surface area contributed by atoms with Gasteiger partial charge in [-0.2, -0.15) is 0 Å². The Morgan fingerprint density at radius 2 is 2.00 bits per heavy atom. The first-order valence-electron chi connectivity index (χ1n) is 8.06. The third kappa shape index (κ3) is 5.06. The van der Waals surface area contributed by atoms with Gasteiger partial charge in [-0.1, -0.05) is 31.4 Å². The molecule has 3 N–H and O–H groups in total. The molecular formula is C17H27FN2O. The first-order chi connectivity index (χ1) is 10.2. The predicted octanol–water partition coefficient (Wildman–Crippen LogP) is 2.84. The highest BCUT2D eigenvalue weighted by molar-refractivity contribution is 5.19. The first kappa shape index (κ1) is 16.4. The van der Waals surface area contributed by atoms with Crippen LogP contribution in [-0.2, 0) is 0 Å². The molecule has 1 atom stereocenters. The molecule has 0 aromatic heterocycles. The lowest BCUT2D eigenvalue weighted by molar-refractivity contribution is 0.120. The van der Waals surface area contributed by atoms with E-state index in [1.165, 1.54) is 44.2 Å². The Balaban J connectivity index is 1.88. The number of halogens is 1. The third-order valence-corrected chi connectivity index (χ3v) is 4.48. The Kier molecular flexibility index (Phi) is 6.61. The van der Waals surface area contributed by atoms with Crippen LogP contribution in [-0.4, -0.2) is 35.7 Å². The molecule has 4 heteroatoms. The normalized spacial score (nSPS) is 18.1. The largest absolute Gasteiger partial charge is 0.395 e. The minimum Gasteiger partial charge on any atom is -0.395 e. The number of nitrogens with two attached hydrogens (primary N) is 1. The highest BCUT2D eigenvalue weighted by Crippen LogP contribution is 2.24. The van der Waals surface area contributed by atoms with Gasteiger partial charge in [0.15, 0.2) is 0 Å². The summed E-state index contributed by atoms with van der Waals surface area (Å²) in [7, 11) is 0. The summed E-state index contributed by atoms with van der Waals surface area (Å²) < 4.78 is 13.2. The van der Waals surface area contributed by atoms with E-state index in [-0.39, 0.29) is 18.5 Å². The second-order valence-corrected chi connectivity index (χ2v) is 6.00. The number of aliphatic hydroxyl groups is 1. The Hall–Kier alpha value is -0.970. The molecule has 0 amide bonds. The standard InChI is InChI=1S/C17H27FN2O/c18-15-6-4-5-14(13-15)17(19)9-10-20(11-12-21)16-7-2-1-3-8-16/h4-6,13,16-17,21H,1-3,7-12,19H2. The van der Waals surface area contributed by atoms with Gasteiger partial charge >= 0.3 is 0 Å². The Bertz CT molecular complexity index is 421. The maximum atomic E-state index is 13.2.